The molecule has 5 nitrogen and oxygen atoms in total. The van der Waals surface area contributed by atoms with Crippen molar-refractivity contribution in [3.8, 4) is 0 Å². The summed E-state index contributed by atoms with van der Waals surface area (Å²) < 4.78 is 0. The van der Waals surface area contributed by atoms with Gasteiger partial charge >= 0.3 is 11.9 Å². The molecule has 8 heteroatoms. The molecule has 0 spiro atoms. The molecule has 68 valence electrons. The average Bonchev–Trinajstić information content (AvgIpc) is 1.36. The zero-order valence-corrected chi connectivity index (χ0v) is 7.45. The maximum Gasteiger partial charge on any atom is 0.414 e. The molecule has 0 bridgehead atoms. The summed E-state index contributed by atoms with van der Waals surface area (Å²) in [5, 5.41) is 14.8. The van der Waals surface area contributed by atoms with Crippen LogP contribution in [0.25, 0.3) is 0 Å². The van der Waals surface area contributed by atoms with Gasteiger partial charge in [0, 0.05) is 50.3 Å². The van der Waals surface area contributed by atoms with Gasteiger partial charge in [-0.15, -0.1) is 0 Å². The summed E-state index contributed by atoms with van der Waals surface area (Å²) in [6, 6.07) is 0. The third kappa shape index (κ3) is 23.7. The molecule has 0 aliphatic heterocycles. The first-order valence-corrected chi connectivity index (χ1v) is 1.11. The average molecular weight is 281 g/mol. The molecule has 0 atom stereocenters. The minimum absolute atomic E-state index is 0. The standard InChI is InChI=1S/C2H2O4.Co.Mn.Ni.H2O/c3-1(4)2(5)6;;;;/h(H,3,4)(H,5,6);;;;1H2. The second-order valence-electron chi connectivity index (χ2n) is 0.610. The second kappa shape index (κ2) is 16.2. The van der Waals surface area contributed by atoms with E-state index in [4.69, 9.17) is 19.8 Å². The Morgan fingerprint density at radius 1 is 1.00 bits per heavy atom. The van der Waals surface area contributed by atoms with E-state index in [1.54, 1.807) is 0 Å². The first kappa shape index (κ1) is 31.5. The van der Waals surface area contributed by atoms with E-state index in [1.807, 2.05) is 0 Å². The Labute approximate surface area is 87.5 Å². The molecular formula is C2H4CoMnNiO5. The minimum Gasteiger partial charge on any atom is -0.473 e. The molecule has 0 aromatic rings. The smallest absolute Gasteiger partial charge is 0.414 e. The Hall–Kier alpha value is 0.419. The van der Waals surface area contributed by atoms with Crippen molar-refractivity contribution in [2.24, 2.45) is 0 Å². The van der Waals surface area contributed by atoms with E-state index >= 15 is 0 Å². The Kier molecular flexibility index (Phi) is 51.0. The van der Waals surface area contributed by atoms with E-state index < -0.39 is 11.9 Å². The summed E-state index contributed by atoms with van der Waals surface area (Å²) in [7, 11) is 0. The van der Waals surface area contributed by atoms with Crippen molar-refractivity contribution in [2.75, 3.05) is 0 Å². The van der Waals surface area contributed by atoms with Gasteiger partial charge in [0.1, 0.15) is 0 Å². The fourth-order valence-corrected chi connectivity index (χ4v) is 0. The summed E-state index contributed by atoms with van der Waals surface area (Å²) >= 11 is 0. The molecule has 0 heterocycles. The van der Waals surface area contributed by atoms with Crippen LogP contribution in [0.1, 0.15) is 0 Å². The Bertz CT molecular complexity index is 85.6. The van der Waals surface area contributed by atoms with E-state index in [0.29, 0.717) is 0 Å². The van der Waals surface area contributed by atoms with Crippen molar-refractivity contribution in [1.29, 1.82) is 0 Å². The number of carboxylic acids is 2. The zero-order chi connectivity index (χ0) is 5.15. The minimum atomic E-state index is -1.82. The molecule has 0 rings (SSSR count). The van der Waals surface area contributed by atoms with Crippen LogP contribution in [0.2, 0.25) is 0 Å². The van der Waals surface area contributed by atoms with Crippen molar-refractivity contribution in [2.45, 2.75) is 0 Å². The van der Waals surface area contributed by atoms with Gasteiger partial charge in [-0.25, -0.2) is 9.59 Å². The molecule has 0 aromatic carbocycles. The zero-order valence-electron chi connectivity index (χ0n) is 4.24. The van der Waals surface area contributed by atoms with Crippen molar-refractivity contribution >= 4 is 11.9 Å². The third-order valence-corrected chi connectivity index (χ3v) is 0.183. The number of carbonyl (C=O) groups is 2. The van der Waals surface area contributed by atoms with E-state index in [0.717, 1.165) is 0 Å². The molecular weight excluding hydrogens is 277 g/mol. The third-order valence-electron chi connectivity index (χ3n) is 0.183. The summed E-state index contributed by atoms with van der Waals surface area (Å²) in [5.74, 6) is -3.65. The molecule has 0 aliphatic rings. The van der Waals surface area contributed by atoms with Crippen LogP contribution in [-0.4, -0.2) is 27.6 Å². The first-order chi connectivity index (χ1) is 2.64. The van der Waals surface area contributed by atoms with E-state index in [1.165, 1.54) is 0 Å². The maximum absolute atomic E-state index is 9.10. The summed E-state index contributed by atoms with van der Waals surface area (Å²) in [5.41, 5.74) is 0. The first-order valence-electron chi connectivity index (χ1n) is 1.11. The van der Waals surface area contributed by atoms with E-state index in [-0.39, 0.29) is 55.8 Å². The molecule has 0 aromatic heterocycles. The molecule has 0 amide bonds. The quantitative estimate of drug-likeness (QED) is 0.408. The van der Waals surface area contributed by atoms with Crippen LogP contribution in [0.5, 0.6) is 0 Å². The summed E-state index contributed by atoms with van der Waals surface area (Å²) in [6.45, 7) is 0. The Morgan fingerprint density at radius 3 is 1.10 bits per heavy atom. The normalized spacial score (nSPS) is 4.40. The number of rotatable bonds is 0. The number of hydrogen-bond acceptors (Lipinski definition) is 2. The van der Waals surface area contributed by atoms with Gasteiger partial charge in [-0.3, -0.25) is 0 Å². The summed E-state index contributed by atoms with van der Waals surface area (Å²) in [4.78, 5) is 18.2. The van der Waals surface area contributed by atoms with Crippen LogP contribution in [0, 0.1) is 0 Å². The van der Waals surface area contributed by atoms with Crippen molar-refractivity contribution in [3.05, 3.63) is 0 Å². The molecule has 4 N–H and O–H groups in total. The van der Waals surface area contributed by atoms with Crippen LogP contribution in [0.3, 0.4) is 0 Å². The van der Waals surface area contributed by atoms with Crippen LogP contribution < -0.4 is 0 Å². The molecule has 0 unspecified atom stereocenters. The fraction of sp³-hybridized carbons (Fsp3) is 0. The van der Waals surface area contributed by atoms with Crippen molar-refractivity contribution < 1.29 is 75.6 Å². The second-order valence-corrected chi connectivity index (χ2v) is 0.610. The van der Waals surface area contributed by atoms with Crippen LogP contribution in [-0.2, 0) is 59.9 Å². The molecule has 0 saturated carbocycles. The van der Waals surface area contributed by atoms with Gasteiger partial charge in [0.05, 0.1) is 0 Å². The topological polar surface area (TPSA) is 106 Å². The molecule has 0 aliphatic carbocycles. The van der Waals surface area contributed by atoms with E-state index in [9.17, 15) is 0 Å². The van der Waals surface area contributed by atoms with Gasteiger partial charge in [-0.05, 0) is 0 Å². The van der Waals surface area contributed by atoms with Crippen molar-refractivity contribution in [3.63, 3.8) is 0 Å². The van der Waals surface area contributed by atoms with Crippen LogP contribution in [0.15, 0.2) is 0 Å². The number of carboxylic acid groups (broad SMARTS) is 2. The summed E-state index contributed by atoms with van der Waals surface area (Å²) in [6.07, 6.45) is 0. The van der Waals surface area contributed by atoms with Gasteiger partial charge in [0.2, 0.25) is 0 Å². The van der Waals surface area contributed by atoms with Crippen LogP contribution >= 0.6 is 0 Å². The SMILES string of the molecule is O.O=C(O)C(=O)O.[Co].[Mn].[Ni]. The van der Waals surface area contributed by atoms with Crippen LogP contribution in [0.4, 0.5) is 0 Å². The number of aliphatic carboxylic acids is 2. The maximum atomic E-state index is 9.10. The fourth-order valence-electron chi connectivity index (χ4n) is 0. The van der Waals surface area contributed by atoms with Gasteiger partial charge in [0.15, 0.2) is 0 Å². The monoisotopic (exact) mass is 280 g/mol. The molecule has 10 heavy (non-hydrogen) atoms. The van der Waals surface area contributed by atoms with E-state index in [2.05, 4.69) is 0 Å². The number of hydrogen-bond donors (Lipinski definition) is 2. The predicted molar refractivity (Wildman–Crippen MR) is 18.9 cm³/mol. The Balaban J connectivity index is -0.0000000208. The van der Waals surface area contributed by atoms with Gasteiger partial charge < -0.3 is 15.7 Å². The molecule has 0 saturated heterocycles. The largest absolute Gasteiger partial charge is 0.473 e. The molecule has 0 fully saturated rings. The van der Waals surface area contributed by atoms with Gasteiger partial charge in [0.25, 0.3) is 0 Å². The predicted octanol–water partition coefficient (Wildman–Crippen LogP) is -1.68. The van der Waals surface area contributed by atoms with Gasteiger partial charge in [-0.1, -0.05) is 0 Å². The van der Waals surface area contributed by atoms with Crippen molar-refractivity contribution in [1.82, 2.24) is 0 Å². The molecule has 2 radical (unpaired) electrons. The van der Waals surface area contributed by atoms with Gasteiger partial charge in [-0.2, -0.15) is 0 Å². The Morgan fingerprint density at radius 2 is 1.10 bits per heavy atom.